The summed E-state index contributed by atoms with van der Waals surface area (Å²) in [4.78, 5) is 5.38. The van der Waals surface area contributed by atoms with Crippen LogP contribution in [0.2, 0.25) is 0 Å². The van der Waals surface area contributed by atoms with Crippen LogP contribution in [0.1, 0.15) is 27.7 Å². The van der Waals surface area contributed by atoms with E-state index in [9.17, 15) is 0 Å². The van der Waals surface area contributed by atoms with Crippen molar-refractivity contribution < 1.29 is 14.3 Å². The van der Waals surface area contributed by atoms with Gasteiger partial charge in [0.25, 0.3) is 0 Å². The molecule has 0 amide bonds. The van der Waals surface area contributed by atoms with Gasteiger partial charge in [0.2, 0.25) is 0 Å². The lowest BCUT2D eigenvalue weighted by atomic mass is 10.2. The average Bonchev–Trinajstić information content (AvgIpc) is 2.29. The molecule has 0 atom stereocenters. The smallest absolute Gasteiger partial charge is 0.161 e. The molecule has 0 saturated heterocycles. The quantitative estimate of drug-likeness (QED) is 0.599. The van der Waals surface area contributed by atoms with Crippen LogP contribution >= 0.6 is 0 Å². The predicted octanol–water partition coefficient (Wildman–Crippen LogP) is 2.78. The number of ether oxygens (including phenoxy) is 2. The summed E-state index contributed by atoms with van der Waals surface area (Å²) in [5, 5.41) is 0. The molecular weight excluding hydrogens is 230 g/mol. The second-order valence-corrected chi connectivity index (χ2v) is 4.84. The normalized spacial score (nSPS) is 11.3. The molecule has 102 valence electrons. The van der Waals surface area contributed by atoms with Crippen LogP contribution < -0.4 is 15.0 Å². The van der Waals surface area contributed by atoms with Crippen LogP contribution in [0, 0.1) is 0 Å². The summed E-state index contributed by atoms with van der Waals surface area (Å²) >= 11 is 0. The largest absolute Gasteiger partial charge is 0.490 e. The van der Waals surface area contributed by atoms with E-state index in [0.29, 0.717) is 19.8 Å². The fraction of sp³-hybridized carbons (Fsp3) is 0.571. The van der Waals surface area contributed by atoms with Crippen molar-refractivity contribution >= 4 is 0 Å². The maximum absolute atomic E-state index is 5.64. The highest BCUT2D eigenvalue weighted by molar-refractivity contribution is 5.39. The van der Waals surface area contributed by atoms with Crippen LogP contribution in [0.4, 0.5) is 0 Å². The van der Waals surface area contributed by atoms with E-state index in [1.54, 1.807) is 0 Å². The molecule has 1 rings (SSSR count). The van der Waals surface area contributed by atoms with Gasteiger partial charge in [0.1, 0.15) is 6.61 Å². The molecule has 0 heterocycles. The fourth-order valence-electron chi connectivity index (χ4n) is 1.31. The van der Waals surface area contributed by atoms with Gasteiger partial charge in [-0.2, -0.15) is 5.48 Å². The number of hydrogen-bond acceptors (Lipinski definition) is 4. The van der Waals surface area contributed by atoms with Gasteiger partial charge in [-0.05, 0) is 39.8 Å². The monoisotopic (exact) mass is 253 g/mol. The second kappa shape index (κ2) is 7.24. The number of nitrogens with one attached hydrogen (secondary N) is 1. The molecular formula is C14H23NO3. The summed E-state index contributed by atoms with van der Waals surface area (Å²) < 4.78 is 11.1. The van der Waals surface area contributed by atoms with E-state index in [0.717, 1.165) is 11.5 Å². The zero-order chi connectivity index (χ0) is 13.4. The Morgan fingerprint density at radius 2 is 1.67 bits per heavy atom. The first-order valence-electron chi connectivity index (χ1n) is 6.28. The minimum Gasteiger partial charge on any atom is -0.490 e. The molecule has 1 N–H and O–H groups in total. The van der Waals surface area contributed by atoms with E-state index in [2.05, 4.69) is 5.48 Å². The minimum absolute atomic E-state index is 0.191. The average molecular weight is 253 g/mol. The number of para-hydroxylation sites is 2. The molecule has 0 aliphatic carbocycles. The van der Waals surface area contributed by atoms with Gasteiger partial charge in [-0.15, -0.1) is 0 Å². The Morgan fingerprint density at radius 1 is 1.06 bits per heavy atom. The van der Waals surface area contributed by atoms with Crippen LogP contribution in [0.15, 0.2) is 24.3 Å². The highest BCUT2D eigenvalue weighted by atomic mass is 16.7. The molecule has 0 saturated carbocycles. The molecule has 0 aromatic heterocycles. The van der Waals surface area contributed by atoms with Crippen molar-refractivity contribution in [2.45, 2.75) is 33.3 Å². The number of benzene rings is 1. The predicted molar refractivity (Wildman–Crippen MR) is 71.9 cm³/mol. The molecule has 0 spiro atoms. The van der Waals surface area contributed by atoms with E-state index < -0.39 is 0 Å². The molecule has 0 fully saturated rings. The molecule has 4 heteroatoms. The van der Waals surface area contributed by atoms with Crippen LogP contribution in [-0.4, -0.2) is 25.4 Å². The third kappa shape index (κ3) is 5.89. The lowest BCUT2D eigenvalue weighted by molar-refractivity contribution is -0.0750. The van der Waals surface area contributed by atoms with Gasteiger partial charge in [0.05, 0.1) is 18.8 Å². The van der Waals surface area contributed by atoms with Crippen molar-refractivity contribution in [3.63, 3.8) is 0 Å². The molecule has 1 aromatic carbocycles. The molecule has 0 bridgehead atoms. The Labute approximate surface area is 109 Å². The number of hydrogen-bond donors (Lipinski definition) is 1. The van der Waals surface area contributed by atoms with Gasteiger partial charge in [-0.25, -0.2) is 0 Å². The van der Waals surface area contributed by atoms with Gasteiger partial charge >= 0.3 is 0 Å². The van der Waals surface area contributed by atoms with Gasteiger partial charge in [0, 0.05) is 0 Å². The van der Waals surface area contributed by atoms with Gasteiger partial charge in [0.15, 0.2) is 11.5 Å². The highest BCUT2D eigenvalue weighted by Gasteiger charge is 2.09. The molecule has 0 aliphatic heterocycles. The molecule has 18 heavy (non-hydrogen) atoms. The van der Waals surface area contributed by atoms with Crippen LogP contribution in [0.25, 0.3) is 0 Å². The standard InChI is InChI=1S/C14H23NO3/c1-5-16-12-8-6-7-9-13(12)17-11-10-15-18-14(2,3)4/h6-9,15H,5,10-11H2,1-4H3. The van der Waals surface area contributed by atoms with E-state index in [1.165, 1.54) is 0 Å². The van der Waals surface area contributed by atoms with Gasteiger partial charge in [-0.3, -0.25) is 4.84 Å². The Balaban J connectivity index is 2.31. The minimum atomic E-state index is -0.191. The van der Waals surface area contributed by atoms with Crippen molar-refractivity contribution in [3.8, 4) is 11.5 Å². The number of hydroxylamine groups is 1. The summed E-state index contributed by atoms with van der Waals surface area (Å²) in [5.74, 6) is 1.54. The van der Waals surface area contributed by atoms with Crippen molar-refractivity contribution in [2.75, 3.05) is 19.8 Å². The van der Waals surface area contributed by atoms with Crippen LogP contribution in [0.5, 0.6) is 11.5 Å². The molecule has 1 aromatic rings. The van der Waals surface area contributed by atoms with Crippen molar-refractivity contribution in [1.29, 1.82) is 0 Å². The first-order valence-corrected chi connectivity index (χ1v) is 6.28. The fourth-order valence-corrected chi connectivity index (χ4v) is 1.31. The van der Waals surface area contributed by atoms with Crippen LogP contribution in [-0.2, 0) is 4.84 Å². The highest BCUT2D eigenvalue weighted by Crippen LogP contribution is 2.25. The second-order valence-electron chi connectivity index (χ2n) is 4.84. The van der Waals surface area contributed by atoms with Crippen molar-refractivity contribution in [1.82, 2.24) is 5.48 Å². The summed E-state index contributed by atoms with van der Waals surface area (Å²) in [6, 6.07) is 7.66. The van der Waals surface area contributed by atoms with Crippen molar-refractivity contribution in [3.05, 3.63) is 24.3 Å². The Bertz CT molecular complexity index is 347. The summed E-state index contributed by atoms with van der Waals surface area (Å²) in [5.41, 5.74) is 2.69. The summed E-state index contributed by atoms with van der Waals surface area (Å²) in [7, 11) is 0. The zero-order valence-electron chi connectivity index (χ0n) is 11.7. The first-order chi connectivity index (χ1) is 8.53. The van der Waals surface area contributed by atoms with E-state index in [1.807, 2.05) is 52.0 Å². The molecule has 0 unspecified atom stereocenters. The molecule has 0 aliphatic rings. The van der Waals surface area contributed by atoms with E-state index >= 15 is 0 Å². The molecule has 0 radical (unpaired) electrons. The third-order valence-corrected chi connectivity index (χ3v) is 1.99. The maximum atomic E-state index is 5.64. The van der Waals surface area contributed by atoms with Crippen LogP contribution in [0.3, 0.4) is 0 Å². The van der Waals surface area contributed by atoms with E-state index in [-0.39, 0.29) is 5.60 Å². The zero-order valence-corrected chi connectivity index (χ0v) is 11.7. The van der Waals surface area contributed by atoms with Gasteiger partial charge < -0.3 is 9.47 Å². The SMILES string of the molecule is CCOc1ccccc1OCCNOC(C)(C)C. The third-order valence-electron chi connectivity index (χ3n) is 1.99. The first kappa shape index (κ1) is 14.8. The summed E-state index contributed by atoms with van der Waals surface area (Å²) in [6.45, 7) is 9.71. The Kier molecular flexibility index (Phi) is 5.95. The maximum Gasteiger partial charge on any atom is 0.161 e. The summed E-state index contributed by atoms with van der Waals surface area (Å²) in [6.07, 6.45) is 0. The lowest BCUT2D eigenvalue weighted by Gasteiger charge is -2.19. The van der Waals surface area contributed by atoms with Gasteiger partial charge in [-0.1, -0.05) is 12.1 Å². The van der Waals surface area contributed by atoms with E-state index in [4.69, 9.17) is 14.3 Å². The lowest BCUT2D eigenvalue weighted by Crippen LogP contribution is -2.31. The Morgan fingerprint density at radius 3 is 2.22 bits per heavy atom. The Hall–Kier alpha value is -1.26. The topological polar surface area (TPSA) is 39.7 Å². The number of rotatable bonds is 7. The molecule has 4 nitrogen and oxygen atoms in total. The van der Waals surface area contributed by atoms with Crippen molar-refractivity contribution in [2.24, 2.45) is 0 Å².